The second-order valence-corrected chi connectivity index (χ2v) is 11.5. The Morgan fingerprint density at radius 1 is 1.19 bits per heavy atom. The molecule has 7 heteroatoms. The van der Waals surface area contributed by atoms with Gasteiger partial charge in [0.1, 0.15) is 0 Å². The van der Waals surface area contributed by atoms with Crippen molar-refractivity contribution in [1.82, 2.24) is 0 Å². The Labute approximate surface area is 187 Å². The highest BCUT2D eigenvalue weighted by molar-refractivity contribution is 7.16. The number of aliphatic hydroxyl groups excluding tert-OH is 1. The van der Waals surface area contributed by atoms with Gasteiger partial charge in [-0.05, 0) is 80.6 Å². The summed E-state index contributed by atoms with van der Waals surface area (Å²) in [5.41, 5.74) is 3.08. The maximum absolute atomic E-state index is 10.9. The van der Waals surface area contributed by atoms with Crippen LogP contribution in [0.25, 0.3) is 0 Å². The predicted octanol–water partition coefficient (Wildman–Crippen LogP) is 5.75. The molecular formula is C24H31N3O3S. The number of nitro groups is 1. The topological polar surface area (TPSA) is 88.1 Å². The average Bonchev–Trinajstić information content (AvgIpc) is 3.33. The quantitative estimate of drug-likeness (QED) is 0.280. The van der Waals surface area contributed by atoms with Gasteiger partial charge >= 0.3 is 5.00 Å². The average molecular weight is 442 g/mol. The summed E-state index contributed by atoms with van der Waals surface area (Å²) in [5.74, 6) is 2.05. The summed E-state index contributed by atoms with van der Waals surface area (Å²) in [6.45, 7) is 4.84. The zero-order chi connectivity index (χ0) is 21.8. The van der Waals surface area contributed by atoms with Crippen LogP contribution in [0.4, 0.5) is 5.00 Å². The van der Waals surface area contributed by atoms with Crippen molar-refractivity contribution in [3.63, 3.8) is 0 Å². The van der Waals surface area contributed by atoms with Crippen molar-refractivity contribution in [2.45, 2.75) is 71.3 Å². The van der Waals surface area contributed by atoms with Gasteiger partial charge in [0.25, 0.3) is 0 Å². The molecule has 4 aliphatic carbocycles. The molecule has 1 aromatic heterocycles. The molecule has 3 saturated carbocycles. The van der Waals surface area contributed by atoms with Crippen LogP contribution in [-0.2, 0) is 0 Å². The molecule has 6 nitrogen and oxygen atoms in total. The van der Waals surface area contributed by atoms with Crippen LogP contribution in [0.1, 0.15) is 70.1 Å². The number of nitrogens with zero attached hydrogens (tertiary/aromatic N) is 3. The van der Waals surface area contributed by atoms with Gasteiger partial charge in [0.15, 0.2) is 0 Å². The summed E-state index contributed by atoms with van der Waals surface area (Å²) < 4.78 is 0. The van der Waals surface area contributed by atoms with E-state index in [0.29, 0.717) is 17.8 Å². The molecule has 6 atom stereocenters. The van der Waals surface area contributed by atoms with Gasteiger partial charge in [-0.15, -0.1) is 0 Å². The molecule has 4 aliphatic rings. The van der Waals surface area contributed by atoms with Crippen molar-refractivity contribution in [1.29, 1.82) is 0 Å². The maximum Gasteiger partial charge on any atom is 0.324 e. The Morgan fingerprint density at radius 2 is 1.97 bits per heavy atom. The first kappa shape index (κ1) is 21.0. The summed E-state index contributed by atoms with van der Waals surface area (Å²) >= 11 is 1.13. The molecule has 0 amide bonds. The normalized spacial score (nSPS) is 41.0. The molecular weight excluding hydrogens is 410 g/mol. The van der Waals surface area contributed by atoms with Crippen molar-refractivity contribution in [3.8, 4) is 0 Å². The van der Waals surface area contributed by atoms with Crippen LogP contribution in [0.2, 0.25) is 0 Å². The lowest BCUT2D eigenvalue weighted by Crippen LogP contribution is -2.50. The first-order valence-corrected chi connectivity index (χ1v) is 12.3. The van der Waals surface area contributed by atoms with Gasteiger partial charge in [0.05, 0.1) is 22.1 Å². The van der Waals surface area contributed by atoms with E-state index >= 15 is 0 Å². The molecule has 0 bridgehead atoms. The van der Waals surface area contributed by atoms with Gasteiger partial charge in [-0.2, -0.15) is 10.2 Å². The van der Waals surface area contributed by atoms with Gasteiger partial charge in [0.2, 0.25) is 0 Å². The van der Waals surface area contributed by atoms with E-state index in [1.165, 1.54) is 30.2 Å². The van der Waals surface area contributed by atoms with E-state index in [1.807, 2.05) is 0 Å². The zero-order valence-electron chi connectivity index (χ0n) is 18.3. The Bertz CT molecular complexity index is 982. The first-order chi connectivity index (χ1) is 14.8. The summed E-state index contributed by atoms with van der Waals surface area (Å²) in [6.07, 6.45) is 12.6. The van der Waals surface area contributed by atoms with E-state index < -0.39 is 0 Å². The zero-order valence-corrected chi connectivity index (χ0v) is 19.1. The fraction of sp³-hybridized carbons (Fsp3) is 0.667. The van der Waals surface area contributed by atoms with Gasteiger partial charge in [-0.1, -0.05) is 36.8 Å². The molecule has 0 aliphatic heterocycles. The number of rotatable bonds is 3. The minimum absolute atomic E-state index is 0.107. The van der Waals surface area contributed by atoms with E-state index in [4.69, 9.17) is 0 Å². The third kappa shape index (κ3) is 3.41. The van der Waals surface area contributed by atoms with Gasteiger partial charge in [-0.3, -0.25) is 10.1 Å². The standard InChI is InChI=1S/C24H31N3O3S/c1-23-11-9-16(28)13-15(23)3-5-18-19-6-7-21(24(19,2)12-10-20(18)23)26-25-14-17-4-8-22(31-17)27(29)30/h3-4,8,14,16,18-20,28H,5-7,9-13H2,1-2H3/b25-14+,26-21+/t16?,18?,19?,20?,23-,24-/m0/s1. The third-order valence-corrected chi connectivity index (χ3v) is 9.95. The summed E-state index contributed by atoms with van der Waals surface area (Å²) in [4.78, 5) is 11.3. The van der Waals surface area contributed by atoms with Crippen LogP contribution < -0.4 is 0 Å². The van der Waals surface area contributed by atoms with Crippen LogP contribution in [-0.4, -0.2) is 28.1 Å². The first-order valence-electron chi connectivity index (χ1n) is 11.5. The fourth-order valence-electron chi connectivity index (χ4n) is 7.26. The van der Waals surface area contributed by atoms with E-state index in [0.717, 1.165) is 54.7 Å². The van der Waals surface area contributed by atoms with Crippen molar-refractivity contribution in [3.05, 3.63) is 38.8 Å². The van der Waals surface area contributed by atoms with Crippen molar-refractivity contribution >= 4 is 28.3 Å². The van der Waals surface area contributed by atoms with Crippen LogP contribution in [0.5, 0.6) is 0 Å². The Hall–Kier alpha value is -1.86. The van der Waals surface area contributed by atoms with Crippen LogP contribution >= 0.6 is 11.3 Å². The Morgan fingerprint density at radius 3 is 2.74 bits per heavy atom. The van der Waals surface area contributed by atoms with Gasteiger partial charge in [-0.25, -0.2) is 0 Å². The van der Waals surface area contributed by atoms with Gasteiger partial charge < -0.3 is 5.11 Å². The predicted molar refractivity (Wildman–Crippen MR) is 124 cm³/mol. The highest BCUT2D eigenvalue weighted by Crippen LogP contribution is 2.64. The molecule has 1 aromatic rings. The second-order valence-electron chi connectivity index (χ2n) is 10.4. The lowest BCUT2D eigenvalue weighted by atomic mass is 9.48. The number of fused-ring (bicyclic) bond motifs is 5. The Kier molecular flexibility index (Phi) is 5.17. The fourth-order valence-corrected chi connectivity index (χ4v) is 7.95. The number of aliphatic hydroxyl groups is 1. The highest BCUT2D eigenvalue weighted by atomic mass is 32.1. The maximum atomic E-state index is 10.9. The molecule has 166 valence electrons. The lowest BCUT2D eigenvalue weighted by molar-refractivity contribution is -0.380. The van der Waals surface area contributed by atoms with Crippen LogP contribution in [0.15, 0.2) is 34.0 Å². The highest BCUT2D eigenvalue weighted by Gasteiger charge is 2.57. The molecule has 3 fully saturated rings. The molecule has 1 N–H and O–H groups in total. The van der Waals surface area contributed by atoms with Crippen LogP contribution in [0, 0.1) is 38.7 Å². The van der Waals surface area contributed by atoms with E-state index in [2.05, 4.69) is 30.1 Å². The van der Waals surface area contributed by atoms with Crippen LogP contribution in [0.3, 0.4) is 0 Å². The number of thiophene rings is 1. The molecule has 0 saturated heterocycles. The van der Waals surface area contributed by atoms with E-state index in [-0.39, 0.29) is 26.9 Å². The van der Waals surface area contributed by atoms with Crippen molar-refractivity contribution in [2.24, 2.45) is 38.8 Å². The lowest BCUT2D eigenvalue weighted by Gasteiger charge is -2.57. The summed E-state index contributed by atoms with van der Waals surface area (Å²) in [6, 6.07) is 3.24. The van der Waals surface area contributed by atoms with Crippen molar-refractivity contribution < 1.29 is 10.0 Å². The monoisotopic (exact) mass is 441 g/mol. The second kappa shape index (κ2) is 7.62. The molecule has 4 unspecified atom stereocenters. The smallest absolute Gasteiger partial charge is 0.324 e. The largest absolute Gasteiger partial charge is 0.393 e. The molecule has 5 rings (SSSR count). The summed E-state index contributed by atoms with van der Waals surface area (Å²) in [7, 11) is 0. The third-order valence-electron chi connectivity index (χ3n) is 8.97. The summed E-state index contributed by atoms with van der Waals surface area (Å²) in [5, 5.41) is 30.2. The molecule has 1 heterocycles. The molecule has 31 heavy (non-hydrogen) atoms. The SMILES string of the molecule is C[C@]12CCC(O)CC1=CCC1C2CC[C@]2(C)/C(=N/N=C/c3ccc([N+](=O)[O-])s3)CCC12. The number of hydrogen-bond donors (Lipinski definition) is 1. The van der Waals surface area contributed by atoms with Crippen molar-refractivity contribution in [2.75, 3.05) is 0 Å². The minimum Gasteiger partial charge on any atom is -0.393 e. The minimum atomic E-state index is -0.369. The van der Waals surface area contributed by atoms with E-state index in [9.17, 15) is 15.2 Å². The molecule has 0 aromatic carbocycles. The number of allylic oxidation sites excluding steroid dienone is 1. The van der Waals surface area contributed by atoms with E-state index in [1.54, 1.807) is 12.3 Å². The Balaban J connectivity index is 1.35. The molecule has 0 spiro atoms. The molecule has 0 radical (unpaired) electrons. The number of hydrogen-bond acceptors (Lipinski definition) is 6. The van der Waals surface area contributed by atoms with Gasteiger partial charge in [0, 0.05) is 17.2 Å².